The number of H-pyrrole nitrogens is 1. The normalized spacial score (nSPS) is 15.0. The van der Waals surface area contributed by atoms with E-state index < -0.39 is 0 Å². The van der Waals surface area contributed by atoms with E-state index in [1.165, 1.54) is 22.2 Å². The lowest BCUT2D eigenvalue weighted by atomic mass is 9.93. The second-order valence-corrected chi connectivity index (χ2v) is 7.14. The van der Waals surface area contributed by atoms with Crippen LogP contribution in [0.15, 0.2) is 54.6 Å². The predicted molar refractivity (Wildman–Crippen MR) is 104 cm³/mol. The molecule has 0 atom stereocenters. The molecule has 0 radical (unpaired) electrons. The van der Waals surface area contributed by atoms with Crippen LogP contribution in [0.2, 0.25) is 0 Å². The highest BCUT2D eigenvalue weighted by atomic mass is 16.5. The highest BCUT2D eigenvalue weighted by molar-refractivity contribution is 5.86. The van der Waals surface area contributed by atoms with Crippen LogP contribution in [0.3, 0.4) is 0 Å². The van der Waals surface area contributed by atoms with E-state index in [-0.39, 0.29) is 11.3 Å². The quantitative estimate of drug-likeness (QED) is 0.675. The number of aryl methyl sites for hydroxylation is 1. The molecule has 4 heteroatoms. The number of aromatic amines is 1. The summed E-state index contributed by atoms with van der Waals surface area (Å²) in [6.07, 6.45) is 2.62. The van der Waals surface area contributed by atoms with Crippen LogP contribution in [-0.4, -0.2) is 24.0 Å². The molecule has 0 saturated heterocycles. The molecular weight excluding hydrogens is 324 g/mol. The maximum Gasteiger partial charge on any atom is 0.223 e. The van der Waals surface area contributed by atoms with Crippen molar-refractivity contribution in [1.29, 1.82) is 0 Å². The summed E-state index contributed by atoms with van der Waals surface area (Å²) in [5.41, 5.74) is 3.84. The van der Waals surface area contributed by atoms with Gasteiger partial charge in [-0.2, -0.15) is 0 Å². The summed E-state index contributed by atoms with van der Waals surface area (Å²) < 4.78 is 5.61. The summed E-state index contributed by atoms with van der Waals surface area (Å²) >= 11 is 0. The third kappa shape index (κ3) is 3.32. The summed E-state index contributed by atoms with van der Waals surface area (Å²) in [5, 5.41) is 4.40. The van der Waals surface area contributed by atoms with E-state index >= 15 is 0 Å². The minimum absolute atomic E-state index is 0.0460. The first-order valence-corrected chi connectivity index (χ1v) is 9.20. The number of hydrogen-bond acceptors (Lipinski definition) is 2. The molecule has 1 heterocycles. The van der Waals surface area contributed by atoms with Crippen LogP contribution < -0.4 is 10.1 Å². The molecule has 134 valence electrons. The van der Waals surface area contributed by atoms with Crippen LogP contribution >= 0.6 is 0 Å². The van der Waals surface area contributed by atoms with Crippen molar-refractivity contribution in [3.63, 3.8) is 0 Å². The van der Waals surface area contributed by atoms with Crippen molar-refractivity contribution in [2.45, 2.75) is 31.6 Å². The van der Waals surface area contributed by atoms with Crippen molar-refractivity contribution in [2.75, 3.05) is 13.2 Å². The molecular formula is C22H24N2O2. The van der Waals surface area contributed by atoms with Crippen molar-refractivity contribution in [1.82, 2.24) is 10.3 Å². The first kappa shape index (κ1) is 16.7. The molecule has 2 N–H and O–H groups in total. The molecule has 4 rings (SSSR count). The van der Waals surface area contributed by atoms with E-state index in [2.05, 4.69) is 41.5 Å². The largest absolute Gasteiger partial charge is 0.493 e. The first-order valence-electron chi connectivity index (χ1n) is 9.20. The molecule has 1 aliphatic carbocycles. The second-order valence-electron chi connectivity index (χ2n) is 7.14. The van der Waals surface area contributed by atoms with Gasteiger partial charge in [-0.25, -0.2) is 0 Å². The Balaban J connectivity index is 1.35. The zero-order valence-electron chi connectivity index (χ0n) is 15.0. The average molecular weight is 348 g/mol. The van der Waals surface area contributed by atoms with Gasteiger partial charge in [0.2, 0.25) is 5.91 Å². The Labute approximate surface area is 153 Å². The molecule has 1 fully saturated rings. The average Bonchev–Trinajstić information content (AvgIpc) is 3.35. The van der Waals surface area contributed by atoms with Gasteiger partial charge in [0.1, 0.15) is 5.75 Å². The molecule has 2 aromatic carbocycles. The Morgan fingerprint density at radius 3 is 2.62 bits per heavy atom. The standard InChI is InChI=1S/C22H24N2O2/c1-16-21(18-9-5-6-10-19(18)24-16)22(12-13-22)15-23-20(25)11-14-26-17-7-3-2-4-8-17/h2-10,24H,11-15H2,1H3,(H,23,25). The number of aromatic nitrogens is 1. The molecule has 26 heavy (non-hydrogen) atoms. The highest BCUT2D eigenvalue weighted by Crippen LogP contribution is 2.51. The molecule has 0 spiro atoms. The van der Waals surface area contributed by atoms with Crippen molar-refractivity contribution < 1.29 is 9.53 Å². The summed E-state index contributed by atoms with van der Waals surface area (Å²) in [7, 11) is 0. The van der Waals surface area contributed by atoms with Crippen LogP contribution in [0, 0.1) is 6.92 Å². The van der Waals surface area contributed by atoms with E-state index in [9.17, 15) is 4.79 Å². The van der Waals surface area contributed by atoms with E-state index in [0.717, 1.165) is 18.6 Å². The van der Waals surface area contributed by atoms with Crippen molar-refractivity contribution in [3.8, 4) is 5.75 Å². The van der Waals surface area contributed by atoms with E-state index in [1.807, 2.05) is 30.3 Å². The summed E-state index contributed by atoms with van der Waals surface area (Å²) in [6.45, 7) is 3.22. The predicted octanol–water partition coefficient (Wildman–Crippen LogP) is 4.09. The first-order chi connectivity index (χ1) is 12.7. The Morgan fingerprint density at radius 1 is 1.12 bits per heavy atom. The maximum atomic E-state index is 12.2. The van der Waals surface area contributed by atoms with E-state index in [0.29, 0.717) is 19.6 Å². The number of hydrogen-bond donors (Lipinski definition) is 2. The number of rotatable bonds is 7. The fourth-order valence-electron chi connectivity index (χ4n) is 3.76. The van der Waals surface area contributed by atoms with Gasteiger partial charge in [0.25, 0.3) is 0 Å². The summed E-state index contributed by atoms with van der Waals surface area (Å²) in [4.78, 5) is 15.7. The van der Waals surface area contributed by atoms with Crippen LogP contribution in [0.25, 0.3) is 10.9 Å². The van der Waals surface area contributed by atoms with Crippen LogP contribution in [-0.2, 0) is 10.2 Å². The number of amides is 1. The van der Waals surface area contributed by atoms with Gasteiger partial charge < -0.3 is 15.0 Å². The fraction of sp³-hybridized carbons (Fsp3) is 0.318. The smallest absolute Gasteiger partial charge is 0.223 e. The number of ether oxygens (including phenoxy) is 1. The minimum Gasteiger partial charge on any atom is -0.493 e. The van der Waals surface area contributed by atoms with Crippen molar-refractivity contribution >= 4 is 16.8 Å². The van der Waals surface area contributed by atoms with Gasteiger partial charge >= 0.3 is 0 Å². The van der Waals surface area contributed by atoms with Gasteiger partial charge in [0, 0.05) is 28.6 Å². The van der Waals surface area contributed by atoms with Crippen LogP contribution in [0.4, 0.5) is 0 Å². The number of fused-ring (bicyclic) bond motifs is 1. The van der Waals surface area contributed by atoms with Crippen LogP contribution in [0.1, 0.15) is 30.5 Å². The van der Waals surface area contributed by atoms with Gasteiger partial charge in [-0.05, 0) is 43.5 Å². The van der Waals surface area contributed by atoms with Gasteiger partial charge in [0.05, 0.1) is 13.0 Å². The van der Waals surface area contributed by atoms with Gasteiger partial charge in [-0.3, -0.25) is 4.79 Å². The zero-order valence-corrected chi connectivity index (χ0v) is 15.0. The Hall–Kier alpha value is -2.75. The molecule has 1 aromatic heterocycles. The molecule has 1 aliphatic rings. The second kappa shape index (κ2) is 6.87. The monoisotopic (exact) mass is 348 g/mol. The molecule has 0 bridgehead atoms. The Kier molecular flexibility index (Phi) is 4.41. The number of para-hydroxylation sites is 2. The van der Waals surface area contributed by atoms with E-state index in [1.54, 1.807) is 0 Å². The van der Waals surface area contributed by atoms with Crippen LogP contribution in [0.5, 0.6) is 5.75 Å². The molecule has 1 amide bonds. The van der Waals surface area contributed by atoms with Crippen molar-refractivity contribution in [2.24, 2.45) is 0 Å². The lowest BCUT2D eigenvalue weighted by Crippen LogP contribution is -2.33. The Morgan fingerprint density at radius 2 is 1.85 bits per heavy atom. The van der Waals surface area contributed by atoms with Gasteiger partial charge in [-0.15, -0.1) is 0 Å². The summed E-state index contributed by atoms with van der Waals surface area (Å²) in [6, 6.07) is 18.0. The van der Waals surface area contributed by atoms with Gasteiger partial charge in [0.15, 0.2) is 0 Å². The number of benzene rings is 2. The SMILES string of the molecule is Cc1[nH]c2ccccc2c1C1(CNC(=O)CCOc2ccccc2)CC1. The number of nitrogens with one attached hydrogen (secondary N) is 2. The van der Waals surface area contributed by atoms with E-state index in [4.69, 9.17) is 4.74 Å². The van der Waals surface area contributed by atoms with Gasteiger partial charge in [-0.1, -0.05) is 36.4 Å². The lowest BCUT2D eigenvalue weighted by molar-refractivity contribution is -0.121. The Bertz CT molecular complexity index is 910. The fourth-order valence-corrected chi connectivity index (χ4v) is 3.76. The molecule has 3 aromatic rings. The molecule has 0 aliphatic heterocycles. The lowest BCUT2D eigenvalue weighted by Gasteiger charge is -2.17. The zero-order chi connectivity index (χ0) is 18.0. The number of carbonyl (C=O) groups is 1. The third-order valence-electron chi connectivity index (χ3n) is 5.24. The summed E-state index contributed by atoms with van der Waals surface area (Å²) in [5.74, 6) is 0.845. The molecule has 4 nitrogen and oxygen atoms in total. The number of carbonyl (C=O) groups excluding carboxylic acids is 1. The maximum absolute atomic E-state index is 12.2. The highest BCUT2D eigenvalue weighted by Gasteiger charge is 2.46. The minimum atomic E-state index is 0.0460. The molecule has 1 saturated carbocycles. The molecule has 0 unspecified atom stereocenters. The topological polar surface area (TPSA) is 54.1 Å². The third-order valence-corrected chi connectivity index (χ3v) is 5.24. The van der Waals surface area contributed by atoms with Crippen molar-refractivity contribution in [3.05, 3.63) is 65.9 Å².